The highest BCUT2D eigenvalue weighted by Crippen LogP contribution is 2.24. The lowest BCUT2D eigenvalue weighted by atomic mass is 10.3. The van der Waals surface area contributed by atoms with Gasteiger partial charge in [0.2, 0.25) is 5.91 Å². The Balaban J connectivity index is 1.47. The summed E-state index contributed by atoms with van der Waals surface area (Å²) in [5.41, 5.74) is 1.71. The van der Waals surface area contributed by atoms with Crippen LogP contribution in [0.3, 0.4) is 0 Å². The number of aromatic nitrogens is 3. The lowest BCUT2D eigenvalue weighted by molar-refractivity contribution is -0.113. The van der Waals surface area contributed by atoms with Gasteiger partial charge >= 0.3 is 0 Å². The fraction of sp³-hybridized carbons (Fsp3) is 0.318. The molecule has 1 amide bonds. The molecule has 156 valence electrons. The van der Waals surface area contributed by atoms with Crippen LogP contribution in [0.15, 0.2) is 59.8 Å². The Morgan fingerprint density at radius 1 is 1.10 bits per heavy atom. The SMILES string of the molecule is COc1cccc(NC(=O)CSc2nnc(CN3CCCC3)n2-c2ccccc2)c1. The molecule has 0 saturated carbocycles. The molecule has 0 atom stereocenters. The Hall–Kier alpha value is -2.84. The van der Waals surface area contributed by atoms with Crippen molar-refractivity contribution in [3.8, 4) is 11.4 Å². The third-order valence-corrected chi connectivity index (χ3v) is 5.89. The van der Waals surface area contributed by atoms with E-state index in [1.54, 1.807) is 13.2 Å². The minimum atomic E-state index is -0.100. The molecule has 3 aromatic rings. The Labute approximate surface area is 180 Å². The topological polar surface area (TPSA) is 72.3 Å². The number of amides is 1. The number of ether oxygens (including phenoxy) is 1. The standard InChI is InChI=1S/C22H25N5O2S/c1-29-19-11-7-8-17(14-19)23-21(28)16-30-22-25-24-20(15-26-12-5-6-13-26)27(22)18-9-3-2-4-10-18/h2-4,7-11,14H,5-6,12-13,15-16H2,1H3,(H,23,28). The van der Waals surface area contributed by atoms with Gasteiger partial charge in [0.25, 0.3) is 0 Å². The van der Waals surface area contributed by atoms with Crippen LogP contribution in [0.5, 0.6) is 5.75 Å². The number of hydrogen-bond acceptors (Lipinski definition) is 6. The van der Waals surface area contributed by atoms with Crippen LogP contribution >= 0.6 is 11.8 Å². The highest BCUT2D eigenvalue weighted by Gasteiger charge is 2.20. The summed E-state index contributed by atoms with van der Waals surface area (Å²) in [5, 5.41) is 12.5. The number of hydrogen-bond donors (Lipinski definition) is 1. The molecule has 0 bridgehead atoms. The zero-order chi connectivity index (χ0) is 20.8. The second-order valence-electron chi connectivity index (χ2n) is 7.12. The number of anilines is 1. The molecule has 2 aromatic carbocycles. The van der Waals surface area contributed by atoms with Crippen molar-refractivity contribution in [1.29, 1.82) is 0 Å². The van der Waals surface area contributed by atoms with Crippen molar-refractivity contribution < 1.29 is 9.53 Å². The van der Waals surface area contributed by atoms with E-state index in [1.165, 1.54) is 24.6 Å². The number of benzene rings is 2. The van der Waals surface area contributed by atoms with Gasteiger partial charge in [0.05, 0.1) is 19.4 Å². The highest BCUT2D eigenvalue weighted by molar-refractivity contribution is 7.99. The molecule has 1 saturated heterocycles. The number of thioether (sulfide) groups is 1. The van der Waals surface area contributed by atoms with Gasteiger partial charge in [-0.2, -0.15) is 0 Å². The first kappa shape index (κ1) is 20.4. The highest BCUT2D eigenvalue weighted by atomic mass is 32.2. The van der Waals surface area contributed by atoms with Crippen molar-refractivity contribution in [2.75, 3.05) is 31.3 Å². The van der Waals surface area contributed by atoms with Crippen molar-refractivity contribution in [2.45, 2.75) is 24.5 Å². The van der Waals surface area contributed by atoms with E-state index in [9.17, 15) is 4.79 Å². The van der Waals surface area contributed by atoms with E-state index in [2.05, 4.69) is 25.0 Å². The minimum absolute atomic E-state index is 0.100. The zero-order valence-electron chi connectivity index (χ0n) is 17.0. The summed E-state index contributed by atoms with van der Waals surface area (Å²) in [6.07, 6.45) is 2.46. The van der Waals surface area contributed by atoms with Gasteiger partial charge in [-0.3, -0.25) is 14.3 Å². The molecule has 4 rings (SSSR count). The zero-order valence-corrected chi connectivity index (χ0v) is 17.8. The van der Waals surface area contributed by atoms with Crippen LogP contribution < -0.4 is 10.1 Å². The maximum atomic E-state index is 12.5. The average molecular weight is 424 g/mol. The van der Waals surface area contributed by atoms with Crippen molar-refractivity contribution in [3.63, 3.8) is 0 Å². The number of likely N-dealkylation sites (tertiary alicyclic amines) is 1. The molecule has 30 heavy (non-hydrogen) atoms. The molecule has 7 nitrogen and oxygen atoms in total. The normalized spacial score (nSPS) is 14.0. The van der Waals surface area contributed by atoms with Crippen LogP contribution in [0.4, 0.5) is 5.69 Å². The average Bonchev–Trinajstić information content (AvgIpc) is 3.43. The Bertz CT molecular complexity index is 986. The fourth-order valence-corrected chi connectivity index (χ4v) is 4.27. The number of methoxy groups -OCH3 is 1. The van der Waals surface area contributed by atoms with E-state index < -0.39 is 0 Å². The summed E-state index contributed by atoms with van der Waals surface area (Å²) >= 11 is 1.39. The van der Waals surface area contributed by atoms with Crippen LogP contribution in [0.1, 0.15) is 18.7 Å². The fourth-order valence-electron chi connectivity index (χ4n) is 3.50. The number of para-hydroxylation sites is 1. The van der Waals surface area contributed by atoms with Gasteiger partial charge in [0.15, 0.2) is 11.0 Å². The maximum absolute atomic E-state index is 12.5. The van der Waals surface area contributed by atoms with Crippen LogP contribution in [-0.4, -0.2) is 51.5 Å². The molecule has 0 radical (unpaired) electrons. The predicted molar refractivity (Wildman–Crippen MR) is 118 cm³/mol. The first-order chi connectivity index (χ1) is 14.7. The minimum Gasteiger partial charge on any atom is -0.497 e. The van der Waals surface area contributed by atoms with Gasteiger partial charge in [-0.05, 0) is 50.2 Å². The number of carbonyl (C=O) groups excluding carboxylic acids is 1. The number of carbonyl (C=O) groups is 1. The van der Waals surface area contributed by atoms with Crippen LogP contribution in [0, 0.1) is 0 Å². The number of rotatable bonds is 8. The van der Waals surface area contributed by atoms with E-state index in [-0.39, 0.29) is 11.7 Å². The third kappa shape index (κ3) is 5.01. The quantitative estimate of drug-likeness (QED) is 0.558. The molecular formula is C22H25N5O2S. The van der Waals surface area contributed by atoms with E-state index in [4.69, 9.17) is 4.74 Å². The van der Waals surface area contributed by atoms with Crippen molar-refractivity contribution in [3.05, 3.63) is 60.4 Å². The predicted octanol–water partition coefficient (Wildman–Crippen LogP) is 3.60. The van der Waals surface area contributed by atoms with E-state index in [1.807, 2.05) is 48.5 Å². The smallest absolute Gasteiger partial charge is 0.234 e. The molecule has 1 fully saturated rings. The summed E-state index contributed by atoms with van der Waals surface area (Å²) in [7, 11) is 1.60. The first-order valence-electron chi connectivity index (χ1n) is 10.0. The third-order valence-electron chi connectivity index (χ3n) is 4.96. The van der Waals surface area contributed by atoms with E-state index in [0.717, 1.165) is 36.3 Å². The number of nitrogens with zero attached hydrogens (tertiary/aromatic N) is 4. The lowest BCUT2D eigenvalue weighted by Gasteiger charge is -2.16. The Kier molecular flexibility index (Phi) is 6.66. The van der Waals surface area contributed by atoms with Crippen molar-refractivity contribution in [2.24, 2.45) is 0 Å². The van der Waals surface area contributed by atoms with Gasteiger partial charge in [0.1, 0.15) is 5.75 Å². The van der Waals surface area contributed by atoms with Gasteiger partial charge < -0.3 is 10.1 Å². The summed E-state index contributed by atoms with van der Waals surface area (Å²) in [6.45, 7) is 2.94. The van der Waals surface area contributed by atoms with Crippen molar-refractivity contribution >= 4 is 23.4 Å². The van der Waals surface area contributed by atoms with Crippen LogP contribution in [0.2, 0.25) is 0 Å². The molecule has 1 aromatic heterocycles. The molecule has 2 heterocycles. The Morgan fingerprint density at radius 2 is 1.90 bits per heavy atom. The van der Waals surface area contributed by atoms with E-state index >= 15 is 0 Å². The van der Waals surface area contributed by atoms with Gasteiger partial charge in [-0.15, -0.1) is 10.2 Å². The summed E-state index contributed by atoms with van der Waals surface area (Å²) < 4.78 is 7.26. The van der Waals surface area contributed by atoms with Gasteiger partial charge in [-0.25, -0.2) is 0 Å². The molecule has 1 aliphatic rings. The summed E-state index contributed by atoms with van der Waals surface area (Å²) in [6, 6.07) is 17.4. The maximum Gasteiger partial charge on any atom is 0.234 e. The summed E-state index contributed by atoms with van der Waals surface area (Å²) in [5.74, 6) is 1.75. The monoisotopic (exact) mass is 423 g/mol. The summed E-state index contributed by atoms with van der Waals surface area (Å²) in [4.78, 5) is 14.9. The van der Waals surface area contributed by atoms with Gasteiger partial charge in [0, 0.05) is 17.4 Å². The van der Waals surface area contributed by atoms with Crippen LogP contribution in [-0.2, 0) is 11.3 Å². The lowest BCUT2D eigenvalue weighted by Crippen LogP contribution is -2.21. The molecule has 1 aliphatic heterocycles. The Morgan fingerprint density at radius 3 is 2.67 bits per heavy atom. The van der Waals surface area contributed by atoms with E-state index in [0.29, 0.717) is 11.4 Å². The molecular weight excluding hydrogens is 398 g/mol. The molecule has 0 spiro atoms. The van der Waals surface area contributed by atoms with Crippen molar-refractivity contribution in [1.82, 2.24) is 19.7 Å². The first-order valence-corrected chi connectivity index (χ1v) is 11.0. The molecule has 0 unspecified atom stereocenters. The molecule has 0 aliphatic carbocycles. The molecule has 8 heteroatoms. The molecule has 1 N–H and O–H groups in total. The van der Waals surface area contributed by atoms with Crippen LogP contribution in [0.25, 0.3) is 5.69 Å². The second-order valence-corrected chi connectivity index (χ2v) is 8.06. The second kappa shape index (κ2) is 9.77. The number of nitrogens with one attached hydrogen (secondary N) is 1. The van der Waals surface area contributed by atoms with Gasteiger partial charge in [-0.1, -0.05) is 36.0 Å². The largest absolute Gasteiger partial charge is 0.497 e.